The van der Waals surface area contributed by atoms with Crippen LogP contribution in [0.5, 0.6) is 0 Å². The van der Waals surface area contributed by atoms with Gasteiger partial charge in [-0.15, -0.1) is 0 Å². The quantitative estimate of drug-likeness (QED) is 0.349. The third-order valence-corrected chi connectivity index (χ3v) is 4.75. The number of halogens is 4. The minimum absolute atomic E-state index is 0.00753. The summed E-state index contributed by atoms with van der Waals surface area (Å²) in [5.74, 6) is -4.90. The number of rotatable bonds is 6. The molecule has 0 saturated carbocycles. The molecule has 0 spiro atoms. The fraction of sp³-hybridized carbons (Fsp3) is 0.429. The second kappa shape index (κ2) is 8.85. The van der Waals surface area contributed by atoms with E-state index in [4.69, 9.17) is 9.47 Å². The van der Waals surface area contributed by atoms with Crippen LogP contribution in [0.3, 0.4) is 0 Å². The van der Waals surface area contributed by atoms with E-state index in [9.17, 15) is 17.6 Å². The lowest BCUT2D eigenvalue weighted by Crippen LogP contribution is -2.28. The van der Waals surface area contributed by atoms with Gasteiger partial charge in [0, 0.05) is 12.2 Å². The van der Waals surface area contributed by atoms with Crippen LogP contribution in [0.4, 0.5) is 17.6 Å². The van der Waals surface area contributed by atoms with Gasteiger partial charge in [0.25, 0.3) is 0 Å². The van der Waals surface area contributed by atoms with Crippen molar-refractivity contribution < 1.29 is 27.0 Å². The monoisotopic (exact) mass is 382 g/mol. The third-order valence-electron chi connectivity index (χ3n) is 4.75. The Morgan fingerprint density at radius 2 is 1.74 bits per heavy atom. The highest BCUT2D eigenvalue weighted by atomic mass is 19.2. The van der Waals surface area contributed by atoms with Crippen LogP contribution < -0.4 is 0 Å². The highest BCUT2D eigenvalue weighted by Crippen LogP contribution is 2.33. The van der Waals surface area contributed by atoms with Crippen molar-refractivity contribution in [1.82, 2.24) is 0 Å². The average molecular weight is 382 g/mol. The molecule has 2 aromatic rings. The zero-order chi connectivity index (χ0) is 19.4. The van der Waals surface area contributed by atoms with Gasteiger partial charge >= 0.3 is 0 Å². The molecule has 2 atom stereocenters. The molecule has 2 aromatic carbocycles. The van der Waals surface area contributed by atoms with Gasteiger partial charge in [-0.3, -0.25) is 0 Å². The summed E-state index contributed by atoms with van der Waals surface area (Å²) >= 11 is 0. The van der Waals surface area contributed by atoms with Crippen LogP contribution in [0.15, 0.2) is 30.3 Å². The lowest BCUT2D eigenvalue weighted by molar-refractivity contribution is -0.0872. The Kier molecular flexibility index (Phi) is 6.50. The molecule has 6 heteroatoms. The van der Waals surface area contributed by atoms with Crippen molar-refractivity contribution in [1.29, 1.82) is 0 Å². The van der Waals surface area contributed by atoms with Crippen LogP contribution in [0.25, 0.3) is 11.1 Å². The Hall–Kier alpha value is -1.92. The minimum Gasteiger partial charge on any atom is -0.376 e. The normalized spacial score (nSPS) is 20.0. The van der Waals surface area contributed by atoms with E-state index in [-0.39, 0.29) is 23.3 Å². The number of benzene rings is 2. The van der Waals surface area contributed by atoms with Crippen LogP contribution in [0, 0.1) is 23.3 Å². The predicted octanol–water partition coefficient (Wildman–Crippen LogP) is 5.95. The lowest BCUT2D eigenvalue weighted by Gasteiger charge is -2.29. The maximum absolute atomic E-state index is 14.5. The molecule has 2 nitrogen and oxygen atoms in total. The van der Waals surface area contributed by atoms with Gasteiger partial charge in [-0.1, -0.05) is 25.5 Å². The summed E-state index contributed by atoms with van der Waals surface area (Å²) in [6, 6.07) is 5.97. The van der Waals surface area contributed by atoms with E-state index < -0.39 is 23.3 Å². The topological polar surface area (TPSA) is 18.5 Å². The summed E-state index contributed by atoms with van der Waals surface area (Å²) in [6.07, 6.45) is 3.42. The highest BCUT2D eigenvalue weighted by molar-refractivity contribution is 5.64. The molecule has 2 unspecified atom stereocenters. The van der Waals surface area contributed by atoms with Crippen LogP contribution in [0.1, 0.15) is 44.3 Å². The molecule has 27 heavy (non-hydrogen) atoms. The van der Waals surface area contributed by atoms with E-state index in [2.05, 4.69) is 6.92 Å². The lowest BCUT2D eigenvalue weighted by atomic mass is 9.96. The Labute approximate surface area is 156 Å². The van der Waals surface area contributed by atoms with Crippen LogP contribution in [0.2, 0.25) is 0 Å². The van der Waals surface area contributed by atoms with Crippen LogP contribution >= 0.6 is 0 Å². The van der Waals surface area contributed by atoms with Crippen molar-refractivity contribution in [3.63, 3.8) is 0 Å². The molecule has 1 aliphatic rings. The van der Waals surface area contributed by atoms with Crippen LogP contribution in [-0.2, 0) is 9.47 Å². The van der Waals surface area contributed by atoms with E-state index in [0.717, 1.165) is 31.4 Å². The molecule has 0 aliphatic carbocycles. The SMILES string of the molecule is CCCCOC1CCC(c2ccc(-c3cc(F)c(F)c(F)c3)c(F)c2)OC1. The first-order valence-corrected chi connectivity index (χ1v) is 9.17. The van der Waals surface area contributed by atoms with Gasteiger partial charge in [0.2, 0.25) is 0 Å². The first kappa shape index (κ1) is 19.8. The Bertz CT molecular complexity index is 763. The van der Waals surface area contributed by atoms with E-state index in [0.29, 0.717) is 25.2 Å². The van der Waals surface area contributed by atoms with Crippen molar-refractivity contribution in [2.45, 2.75) is 44.8 Å². The summed E-state index contributed by atoms with van der Waals surface area (Å²) in [4.78, 5) is 0. The maximum Gasteiger partial charge on any atom is 0.194 e. The zero-order valence-electron chi connectivity index (χ0n) is 15.1. The fourth-order valence-corrected chi connectivity index (χ4v) is 3.19. The average Bonchev–Trinajstić information content (AvgIpc) is 2.66. The van der Waals surface area contributed by atoms with Gasteiger partial charge in [-0.25, -0.2) is 17.6 Å². The Morgan fingerprint density at radius 3 is 2.33 bits per heavy atom. The number of unbranched alkanes of at least 4 members (excludes halogenated alkanes) is 1. The smallest absolute Gasteiger partial charge is 0.194 e. The van der Waals surface area contributed by atoms with Gasteiger partial charge in [-0.2, -0.15) is 0 Å². The van der Waals surface area contributed by atoms with Crippen LogP contribution in [-0.4, -0.2) is 19.3 Å². The van der Waals surface area contributed by atoms with Crippen molar-refractivity contribution in [2.75, 3.05) is 13.2 Å². The first-order chi connectivity index (χ1) is 13.0. The van der Waals surface area contributed by atoms with E-state index in [1.807, 2.05) is 0 Å². The van der Waals surface area contributed by atoms with Gasteiger partial charge in [0.15, 0.2) is 17.5 Å². The summed E-state index contributed by atoms with van der Waals surface area (Å²) < 4.78 is 66.0. The third kappa shape index (κ3) is 4.68. The second-order valence-electron chi connectivity index (χ2n) is 6.74. The van der Waals surface area contributed by atoms with Gasteiger partial charge in [0.1, 0.15) is 5.82 Å². The molecule has 1 saturated heterocycles. The summed E-state index contributed by atoms with van der Waals surface area (Å²) in [6.45, 7) is 3.26. The Morgan fingerprint density at radius 1 is 1.00 bits per heavy atom. The highest BCUT2D eigenvalue weighted by Gasteiger charge is 2.24. The molecule has 0 amide bonds. The van der Waals surface area contributed by atoms with Gasteiger partial charge < -0.3 is 9.47 Å². The molecular weight excluding hydrogens is 360 g/mol. The number of ether oxygens (including phenoxy) is 2. The molecule has 1 fully saturated rings. The standard InChI is InChI=1S/C21H22F4O2/c1-2-3-8-26-15-5-7-20(27-12-15)13-4-6-16(17(22)9-13)14-10-18(23)21(25)19(24)11-14/h4,6,9-11,15,20H,2-3,5,7-8,12H2,1H3. The number of hydrogen-bond donors (Lipinski definition) is 0. The zero-order valence-corrected chi connectivity index (χ0v) is 15.1. The molecule has 0 aromatic heterocycles. The van der Waals surface area contributed by atoms with Crippen molar-refractivity contribution in [3.8, 4) is 11.1 Å². The molecule has 3 rings (SSSR count). The largest absolute Gasteiger partial charge is 0.376 e. The maximum atomic E-state index is 14.5. The molecule has 0 radical (unpaired) electrons. The molecule has 0 bridgehead atoms. The summed E-state index contributed by atoms with van der Waals surface area (Å²) in [5, 5.41) is 0. The molecular formula is C21H22F4O2. The van der Waals surface area contributed by atoms with Crippen molar-refractivity contribution in [2.24, 2.45) is 0 Å². The summed E-state index contributed by atoms with van der Waals surface area (Å²) in [5.41, 5.74) is 0.615. The first-order valence-electron chi connectivity index (χ1n) is 9.17. The Balaban J connectivity index is 1.69. The van der Waals surface area contributed by atoms with E-state index >= 15 is 0 Å². The minimum atomic E-state index is -1.57. The predicted molar refractivity (Wildman–Crippen MR) is 94.3 cm³/mol. The van der Waals surface area contributed by atoms with Gasteiger partial charge in [0.05, 0.1) is 18.8 Å². The van der Waals surface area contributed by atoms with E-state index in [1.54, 1.807) is 6.07 Å². The number of hydrogen-bond acceptors (Lipinski definition) is 2. The molecule has 146 valence electrons. The van der Waals surface area contributed by atoms with Gasteiger partial charge in [-0.05, 0) is 48.6 Å². The second-order valence-corrected chi connectivity index (χ2v) is 6.74. The molecule has 1 heterocycles. The fourth-order valence-electron chi connectivity index (χ4n) is 3.19. The van der Waals surface area contributed by atoms with E-state index in [1.165, 1.54) is 12.1 Å². The summed E-state index contributed by atoms with van der Waals surface area (Å²) in [7, 11) is 0. The molecule has 1 aliphatic heterocycles. The molecule has 0 N–H and O–H groups in total. The van der Waals surface area contributed by atoms with Crippen molar-refractivity contribution >= 4 is 0 Å². The van der Waals surface area contributed by atoms with Crippen molar-refractivity contribution in [3.05, 3.63) is 59.2 Å².